The van der Waals surface area contributed by atoms with Crippen LogP contribution in [0.1, 0.15) is 17.3 Å². The lowest BCUT2D eigenvalue weighted by atomic mass is 9.94. The van der Waals surface area contributed by atoms with Crippen molar-refractivity contribution in [2.75, 3.05) is 27.7 Å². The Kier molecular flexibility index (Phi) is 6.46. The van der Waals surface area contributed by atoms with Crippen molar-refractivity contribution in [3.05, 3.63) is 74.5 Å². The number of hydrogen-bond donors (Lipinski definition) is 0. The van der Waals surface area contributed by atoms with Gasteiger partial charge in [0.05, 0.1) is 45.5 Å². The van der Waals surface area contributed by atoms with Gasteiger partial charge < -0.3 is 4.48 Å². The van der Waals surface area contributed by atoms with E-state index in [2.05, 4.69) is 5.10 Å². The summed E-state index contributed by atoms with van der Waals surface area (Å²) < 4.78 is 2.06. The lowest BCUT2D eigenvalue weighted by Gasteiger charge is -2.24. The van der Waals surface area contributed by atoms with Crippen molar-refractivity contribution < 1.29 is 9.28 Å². The number of likely N-dealkylation sites (N-methyl/N-ethyl adjacent to an activating group) is 1. The van der Waals surface area contributed by atoms with E-state index in [9.17, 15) is 9.59 Å². The van der Waals surface area contributed by atoms with Crippen molar-refractivity contribution in [1.29, 1.82) is 0 Å². The number of carbonyl (C=O) groups is 1. The fourth-order valence-electron chi connectivity index (χ4n) is 3.15. The van der Waals surface area contributed by atoms with E-state index in [1.54, 1.807) is 36.4 Å². The molecule has 3 aromatic rings. The molecule has 0 saturated heterocycles. The Morgan fingerprint density at radius 1 is 0.933 bits per heavy atom. The third-order valence-corrected chi connectivity index (χ3v) is 5.25. The Bertz CT molecular complexity index is 1130. The van der Waals surface area contributed by atoms with Gasteiger partial charge in [-0.05, 0) is 36.8 Å². The van der Waals surface area contributed by atoms with Gasteiger partial charge in [-0.2, -0.15) is 5.10 Å². The SMILES string of the molecule is CC(=O)c1c(-c2ccc(Cl)cc2)c(-c2ccc(Cl)cc2)nn(CC[N+](C)(C)C)c1=O. The minimum Gasteiger partial charge on any atom is -0.329 e. The number of carbonyl (C=O) groups excluding carboxylic acids is 1. The Morgan fingerprint density at radius 3 is 1.90 bits per heavy atom. The van der Waals surface area contributed by atoms with Gasteiger partial charge in [-0.3, -0.25) is 9.59 Å². The average Bonchev–Trinajstić information content (AvgIpc) is 2.67. The summed E-state index contributed by atoms with van der Waals surface area (Å²) >= 11 is 12.1. The van der Waals surface area contributed by atoms with Gasteiger partial charge in [0.1, 0.15) is 0 Å². The Labute approximate surface area is 186 Å². The van der Waals surface area contributed by atoms with Crippen molar-refractivity contribution in [2.45, 2.75) is 13.5 Å². The molecule has 0 unspecified atom stereocenters. The fourth-order valence-corrected chi connectivity index (χ4v) is 3.40. The lowest BCUT2D eigenvalue weighted by Crippen LogP contribution is -2.40. The minimum atomic E-state index is -0.390. The normalized spacial score (nSPS) is 11.5. The smallest absolute Gasteiger partial charge is 0.278 e. The first kappa shape index (κ1) is 22.2. The van der Waals surface area contributed by atoms with Gasteiger partial charge in [0.25, 0.3) is 5.56 Å². The maximum atomic E-state index is 13.3. The van der Waals surface area contributed by atoms with Crippen molar-refractivity contribution >= 4 is 29.0 Å². The largest absolute Gasteiger partial charge is 0.329 e. The first-order valence-corrected chi connectivity index (χ1v) is 10.3. The number of aromatic nitrogens is 2. The van der Waals surface area contributed by atoms with Gasteiger partial charge in [-0.1, -0.05) is 47.5 Å². The number of nitrogens with zero attached hydrogens (tertiary/aromatic N) is 3. The second-order valence-electron chi connectivity index (χ2n) is 8.21. The Morgan fingerprint density at radius 2 is 1.43 bits per heavy atom. The molecule has 2 aromatic carbocycles. The van der Waals surface area contributed by atoms with Crippen molar-refractivity contribution in [2.24, 2.45) is 0 Å². The molecule has 156 valence electrons. The average molecular weight is 445 g/mol. The van der Waals surface area contributed by atoms with E-state index in [1.807, 2.05) is 33.3 Å². The van der Waals surface area contributed by atoms with Crippen LogP contribution < -0.4 is 5.56 Å². The van der Waals surface area contributed by atoms with Crippen LogP contribution in [0, 0.1) is 0 Å². The quantitative estimate of drug-likeness (QED) is 0.405. The second kappa shape index (κ2) is 8.72. The molecule has 0 aliphatic rings. The summed E-state index contributed by atoms with van der Waals surface area (Å²) in [4.78, 5) is 25.9. The van der Waals surface area contributed by atoms with Crippen LogP contribution in [0.5, 0.6) is 0 Å². The van der Waals surface area contributed by atoms with Gasteiger partial charge >= 0.3 is 0 Å². The first-order chi connectivity index (χ1) is 14.1. The second-order valence-corrected chi connectivity index (χ2v) is 9.08. The Balaban J connectivity index is 2.33. The molecule has 0 atom stereocenters. The molecular weight excluding hydrogens is 421 g/mol. The van der Waals surface area contributed by atoms with E-state index in [4.69, 9.17) is 23.2 Å². The van der Waals surface area contributed by atoms with Crippen molar-refractivity contribution in [3.8, 4) is 22.4 Å². The van der Waals surface area contributed by atoms with Crippen LogP contribution >= 0.6 is 23.2 Å². The number of ketones is 1. The van der Waals surface area contributed by atoms with Crippen molar-refractivity contribution in [1.82, 2.24) is 9.78 Å². The topological polar surface area (TPSA) is 52.0 Å². The van der Waals surface area contributed by atoms with E-state index >= 15 is 0 Å². The zero-order valence-corrected chi connectivity index (χ0v) is 19.0. The highest BCUT2D eigenvalue weighted by atomic mass is 35.5. The lowest BCUT2D eigenvalue weighted by molar-refractivity contribution is -0.871. The van der Waals surface area contributed by atoms with Crippen LogP contribution in [0.4, 0.5) is 0 Å². The summed E-state index contributed by atoms with van der Waals surface area (Å²) in [5, 5.41) is 5.85. The Hall–Kier alpha value is -2.47. The zero-order valence-electron chi connectivity index (χ0n) is 17.4. The van der Waals surface area contributed by atoms with Gasteiger partial charge in [-0.25, -0.2) is 4.68 Å². The van der Waals surface area contributed by atoms with E-state index in [-0.39, 0.29) is 11.3 Å². The maximum Gasteiger partial charge on any atom is 0.278 e. The number of rotatable bonds is 6. The maximum absolute atomic E-state index is 13.3. The van der Waals surface area contributed by atoms with E-state index in [1.165, 1.54) is 11.6 Å². The van der Waals surface area contributed by atoms with Crippen LogP contribution in [0.2, 0.25) is 10.0 Å². The molecule has 1 heterocycles. The third kappa shape index (κ3) is 4.98. The predicted molar refractivity (Wildman–Crippen MR) is 122 cm³/mol. The van der Waals surface area contributed by atoms with Crippen LogP contribution in [0.15, 0.2) is 53.3 Å². The molecule has 0 saturated carbocycles. The highest BCUT2D eigenvalue weighted by Gasteiger charge is 2.23. The van der Waals surface area contributed by atoms with E-state index in [0.717, 1.165) is 5.56 Å². The van der Waals surface area contributed by atoms with Crippen LogP contribution in [-0.2, 0) is 6.54 Å². The van der Waals surface area contributed by atoms with Crippen LogP contribution in [0.3, 0.4) is 0 Å². The molecular formula is C23H24Cl2N3O2+. The molecule has 3 rings (SSSR count). The molecule has 0 N–H and O–H groups in total. The van der Waals surface area contributed by atoms with E-state index in [0.29, 0.717) is 44.4 Å². The number of benzene rings is 2. The highest BCUT2D eigenvalue weighted by Crippen LogP contribution is 2.33. The molecule has 0 bridgehead atoms. The van der Waals surface area contributed by atoms with E-state index < -0.39 is 5.56 Å². The summed E-state index contributed by atoms with van der Waals surface area (Å²) in [5.74, 6) is -0.304. The first-order valence-electron chi connectivity index (χ1n) is 9.55. The summed E-state index contributed by atoms with van der Waals surface area (Å²) in [6.45, 7) is 2.49. The molecule has 0 aliphatic heterocycles. The predicted octanol–water partition coefficient (Wildman–Crippen LogP) is 4.79. The highest BCUT2D eigenvalue weighted by molar-refractivity contribution is 6.31. The summed E-state index contributed by atoms with van der Waals surface area (Å²) in [7, 11) is 6.12. The van der Waals surface area contributed by atoms with Crippen molar-refractivity contribution in [3.63, 3.8) is 0 Å². The van der Waals surface area contributed by atoms with Gasteiger partial charge in [0.15, 0.2) is 5.78 Å². The van der Waals surface area contributed by atoms with Gasteiger partial charge in [0.2, 0.25) is 0 Å². The van der Waals surface area contributed by atoms with Crippen LogP contribution in [-0.4, -0.2) is 47.7 Å². The molecule has 0 aliphatic carbocycles. The monoisotopic (exact) mass is 444 g/mol. The number of Topliss-reactive ketones (excluding diaryl/α,β-unsaturated/α-hetero) is 1. The summed E-state index contributed by atoms with van der Waals surface area (Å²) in [6.07, 6.45) is 0. The van der Waals surface area contributed by atoms with Gasteiger partial charge in [-0.15, -0.1) is 0 Å². The minimum absolute atomic E-state index is 0.124. The fraction of sp³-hybridized carbons (Fsp3) is 0.261. The molecule has 1 aromatic heterocycles. The van der Waals surface area contributed by atoms with Gasteiger partial charge in [0, 0.05) is 21.2 Å². The number of hydrogen-bond acceptors (Lipinski definition) is 3. The number of halogens is 2. The molecule has 5 nitrogen and oxygen atoms in total. The standard InChI is InChI=1S/C23H24Cl2N3O2/c1-15(29)20-21(16-5-9-18(24)10-6-16)22(17-7-11-19(25)12-8-17)26-27(23(20)30)13-14-28(2,3)4/h5-12H,13-14H2,1-4H3/q+1. The van der Waals surface area contributed by atoms with Crippen LogP contribution in [0.25, 0.3) is 22.4 Å². The summed E-state index contributed by atoms with van der Waals surface area (Å²) in [5.41, 5.74) is 2.27. The molecule has 30 heavy (non-hydrogen) atoms. The molecule has 0 fully saturated rings. The molecule has 0 amide bonds. The third-order valence-electron chi connectivity index (χ3n) is 4.74. The zero-order chi connectivity index (χ0) is 22.1. The molecule has 7 heteroatoms. The number of quaternary nitrogens is 1. The molecule has 0 spiro atoms. The summed E-state index contributed by atoms with van der Waals surface area (Å²) in [6, 6.07) is 14.2. The molecule has 0 radical (unpaired) electrons.